The van der Waals surface area contributed by atoms with Crippen LogP contribution in [-0.4, -0.2) is 41.2 Å². The molecule has 118 valence electrons. The van der Waals surface area contributed by atoms with Gasteiger partial charge in [-0.25, -0.2) is 0 Å². The highest BCUT2D eigenvalue weighted by atomic mass is 32.2. The molecule has 1 aliphatic heterocycles. The summed E-state index contributed by atoms with van der Waals surface area (Å²) < 4.78 is 35.9. The van der Waals surface area contributed by atoms with Crippen LogP contribution in [-0.2, 0) is 9.59 Å². The molecule has 5 nitrogen and oxygen atoms in total. The molecule has 0 aliphatic carbocycles. The molecule has 0 saturated carbocycles. The molecule has 0 bridgehead atoms. The lowest BCUT2D eigenvalue weighted by Crippen LogP contribution is -2.42. The van der Waals surface area contributed by atoms with Gasteiger partial charge in [0.2, 0.25) is 5.91 Å². The summed E-state index contributed by atoms with van der Waals surface area (Å²) in [7, 11) is 0. The number of carbonyl (C=O) groups is 3. The normalized spacial score (nSPS) is 17.4. The molecule has 3 amide bonds. The average Bonchev–Trinajstić information content (AvgIpc) is 3.00. The Morgan fingerprint density at radius 1 is 1.36 bits per heavy atom. The predicted molar refractivity (Wildman–Crippen MR) is 76.1 cm³/mol. The van der Waals surface area contributed by atoms with Crippen molar-refractivity contribution in [2.45, 2.75) is 6.18 Å². The van der Waals surface area contributed by atoms with Crippen molar-refractivity contribution in [1.29, 1.82) is 0 Å². The number of thiophene rings is 1. The summed E-state index contributed by atoms with van der Waals surface area (Å²) in [6.07, 6.45) is -3.04. The molecule has 0 atom stereocenters. The second kappa shape index (κ2) is 6.53. The van der Waals surface area contributed by atoms with E-state index in [0.717, 1.165) is 4.88 Å². The van der Waals surface area contributed by atoms with Crippen LogP contribution in [0.3, 0.4) is 0 Å². The van der Waals surface area contributed by atoms with E-state index in [9.17, 15) is 27.6 Å². The van der Waals surface area contributed by atoms with Crippen molar-refractivity contribution >= 4 is 46.2 Å². The molecular weight excluding hydrogens is 341 g/mol. The summed E-state index contributed by atoms with van der Waals surface area (Å²) in [5.41, 5.74) is 0. The lowest BCUT2D eigenvalue weighted by molar-refractivity contribution is -0.139. The summed E-state index contributed by atoms with van der Waals surface area (Å²) >= 11 is 2.01. The van der Waals surface area contributed by atoms with E-state index in [0.29, 0.717) is 16.7 Å². The lowest BCUT2D eigenvalue weighted by Gasteiger charge is -2.13. The van der Waals surface area contributed by atoms with Crippen LogP contribution < -0.4 is 5.32 Å². The maximum absolute atomic E-state index is 12.0. The number of carbonyl (C=O) groups excluding carboxylic acids is 3. The fourth-order valence-electron chi connectivity index (χ4n) is 1.54. The Balaban J connectivity index is 1.99. The number of rotatable bonds is 4. The minimum atomic E-state index is -4.55. The number of hydrogen-bond acceptors (Lipinski definition) is 5. The molecule has 0 unspecified atom stereocenters. The van der Waals surface area contributed by atoms with Gasteiger partial charge >= 0.3 is 6.18 Å². The van der Waals surface area contributed by atoms with Gasteiger partial charge in [0.25, 0.3) is 11.1 Å². The van der Waals surface area contributed by atoms with Gasteiger partial charge < -0.3 is 5.32 Å². The van der Waals surface area contributed by atoms with Crippen LogP contribution in [0.15, 0.2) is 22.4 Å². The van der Waals surface area contributed by atoms with E-state index in [4.69, 9.17) is 0 Å². The summed E-state index contributed by atoms with van der Waals surface area (Å²) in [6.45, 7) is -2.24. The van der Waals surface area contributed by atoms with E-state index in [1.165, 1.54) is 17.4 Å². The zero-order valence-corrected chi connectivity index (χ0v) is 12.5. The summed E-state index contributed by atoms with van der Waals surface area (Å²) in [4.78, 5) is 36.6. The fraction of sp³-hybridized carbons (Fsp3) is 0.250. The van der Waals surface area contributed by atoms with E-state index in [1.807, 2.05) is 0 Å². The molecule has 10 heteroatoms. The Labute approximate surface area is 131 Å². The van der Waals surface area contributed by atoms with Gasteiger partial charge in [0.1, 0.15) is 13.1 Å². The van der Waals surface area contributed by atoms with Gasteiger partial charge in [-0.15, -0.1) is 11.3 Å². The maximum atomic E-state index is 12.0. The van der Waals surface area contributed by atoms with Crippen molar-refractivity contribution in [2.75, 3.05) is 13.1 Å². The monoisotopic (exact) mass is 350 g/mol. The number of imide groups is 1. The smallest absolute Gasteiger partial charge is 0.345 e. The van der Waals surface area contributed by atoms with Gasteiger partial charge in [-0.3, -0.25) is 19.3 Å². The van der Waals surface area contributed by atoms with Gasteiger partial charge in [0.15, 0.2) is 0 Å². The standard InChI is InChI=1S/C12H9F3N2O3S2/c13-12(14,15)6-16-9(18)5-17-10(19)8(22-11(17)20)4-7-2-1-3-21-7/h1-4H,5-6H2,(H,16,18)/b8-4-. The first kappa shape index (κ1) is 16.6. The van der Waals surface area contributed by atoms with E-state index in [2.05, 4.69) is 0 Å². The van der Waals surface area contributed by atoms with Crippen molar-refractivity contribution in [3.8, 4) is 0 Å². The number of alkyl halides is 3. The molecule has 1 aromatic heterocycles. The van der Waals surface area contributed by atoms with Crippen LogP contribution in [0.1, 0.15) is 4.88 Å². The first-order chi connectivity index (χ1) is 10.3. The lowest BCUT2D eigenvalue weighted by atomic mass is 10.3. The highest BCUT2D eigenvalue weighted by Gasteiger charge is 2.37. The third-order valence-corrected chi connectivity index (χ3v) is 4.20. The minimum Gasteiger partial charge on any atom is -0.345 e. The highest BCUT2D eigenvalue weighted by Crippen LogP contribution is 2.32. The Morgan fingerprint density at radius 3 is 2.68 bits per heavy atom. The van der Waals surface area contributed by atoms with Crippen LogP contribution in [0, 0.1) is 0 Å². The Bertz CT molecular complexity index is 626. The average molecular weight is 350 g/mol. The third kappa shape index (κ3) is 4.34. The summed E-state index contributed by atoms with van der Waals surface area (Å²) in [5, 5.41) is 2.72. The van der Waals surface area contributed by atoms with Gasteiger partial charge in [-0.2, -0.15) is 13.2 Å². The Morgan fingerprint density at radius 2 is 2.09 bits per heavy atom. The molecular formula is C12H9F3N2O3S2. The third-order valence-electron chi connectivity index (χ3n) is 2.48. The van der Waals surface area contributed by atoms with Crippen LogP contribution in [0.25, 0.3) is 6.08 Å². The second-order valence-electron chi connectivity index (χ2n) is 4.18. The van der Waals surface area contributed by atoms with Crippen molar-refractivity contribution in [2.24, 2.45) is 0 Å². The molecule has 1 aromatic rings. The van der Waals surface area contributed by atoms with Crippen molar-refractivity contribution in [3.63, 3.8) is 0 Å². The molecule has 0 aromatic carbocycles. The molecule has 1 N–H and O–H groups in total. The molecule has 2 rings (SSSR count). The zero-order valence-electron chi connectivity index (χ0n) is 10.8. The second-order valence-corrected chi connectivity index (χ2v) is 6.15. The minimum absolute atomic E-state index is 0.135. The SMILES string of the molecule is O=C(CN1C(=O)S/C(=C\c2cccs2)C1=O)NCC(F)(F)F. The predicted octanol–water partition coefficient (Wildman–Crippen LogP) is 2.46. The number of amides is 3. The van der Waals surface area contributed by atoms with Crippen LogP contribution in [0.5, 0.6) is 0 Å². The molecule has 0 radical (unpaired) electrons. The van der Waals surface area contributed by atoms with E-state index in [1.54, 1.807) is 22.8 Å². The molecule has 1 saturated heterocycles. The van der Waals surface area contributed by atoms with Gasteiger partial charge in [-0.05, 0) is 29.3 Å². The largest absolute Gasteiger partial charge is 0.405 e. The first-order valence-corrected chi connectivity index (χ1v) is 7.58. The first-order valence-electron chi connectivity index (χ1n) is 5.88. The summed E-state index contributed by atoms with van der Waals surface area (Å²) in [5.74, 6) is -1.73. The van der Waals surface area contributed by atoms with Crippen molar-refractivity contribution in [1.82, 2.24) is 10.2 Å². The molecule has 0 spiro atoms. The van der Waals surface area contributed by atoms with E-state index >= 15 is 0 Å². The van der Waals surface area contributed by atoms with Crippen molar-refractivity contribution < 1.29 is 27.6 Å². The fourth-order valence-corrected chi connectivity index (χ4v) is 3.10. The van der Waals surface area contributed by atoms with Crippen molar-refractivity contribution in [3.05, 3.63) is 27.3 Å². The Hall–Kier alpha value is -1.81. The maximum Gasteiger partial charge on any atom is 0.405 e. The van der Waals surface area contributed by atoms with Gasteiger partial charge in [0, 0.05) is 4.88 Å². The number of nitrogens with one attached hydrogen (secondary N) is 1. The van der Waals surface area contributed by atoms with Crippen LogP contribution in [0.4, 0.5) is 18.0 Å². The van der Waals surface area contributed by atoms with Crippen LogP contribution >= 0.6 is 23.1 Å². The van der Waals surface area contributed by atoms with E-state index < -0.39 is 36.3 Å². The quantitative estimate of drug-likeness (QED) is 0.847. The number of hydrogen-bond donors (Lipinski definition) is 1. The number of thioether (sulfide) groups is 1. The molecule has 2 heterocycles. The highest BCUT2D eigenvalue weighted by molar-refractivity contribution is 8.18. The van der Waals surface area contributed by atoms with Gasteiger partial charge in [-0.1, -0.05) is 6.07 Å². The molecule has 1 aliphatic rings. The van der Waals surface area contributed by atoms with E-state index in [-0.39, 0.29) is 4.91 Å². The van der Waals surface area contributed by atoms with Crippen LogP contribution in [0.2, 0.25) is 0 Å². The molecule has 1 fully saturated rings. The topological polar surface area (TPSA) is 66.5 Å². The Kier molecular flexibility index (Phi) is 4.91. The number of nitrogens with zero attached hydrogens (tertiary/aromatic N) is 1. The zero-order chi connectivity index (χ0) is 16.3. The summed E-state index contributed by atoms with van der Waals surface area (Å²) in [6, 6.07) is 3.51. The number of halogens is 3. The molecule has 22 heavy (non-hydrogen) atoms. The van der Waals surface area contributed by atoms with Gasteiger partial charge in [0.05, 0.1) is 4.91 Å².